The zero-order chi connectivity index (χ0) is 12.0. The molecule has 1 aromatic carbocycles. The molecule has 16 heavy (non-hydrogen) atoms. The third-order valence-corrected chi connectivity index (χ3v) is 3.03. The molecule has 0 fully saturated rings. The SMILES string of the molecule is CCCC(=O)C(N)(CC)Cc1ccccc1. The van der Waals surface area contributed by atoms with Gasteiger partial charge in [0.1, 0.15) is 0 Å². The highest BCUT2D eigenvalue weighted by molar-refractivity contribution is 5.88. The van der Waals surface area contributed by atoms with Crippen molar-refractivity contribution in [1.82, 2.24) is 0 Å². The lowest BCUT2D eigenvalue weighted by Crippen LogP contribution is -2.49. The Bertz CT molecular complexity index is 334. The van der Waals surface area contributed by atoms with E-state index in [9.17, 15) is 4.79 Å². The molecule has 1 unspecified atom stereocenters. The summed E-state index contributed by atoms with van der Waals surface area (Å²) in [6.45, 7) is 3.99. The van der Waals surface area contributed by atoms with Crippen LogP contribution in [0.4, 0.5) is 0 Å². The topological polar surface area (TPSA) is 43.1 Å². The minimum Gasteiger partial charge on any atom is -0.319 e. The zero-order valence-electron chi connectivity index (χ0n) is 10.2. The van der Waals surface area contributed by atoms with Crippen LogP contribution in [0, 0.1) is 0 Å². The van der Waals surface area contributed by atoms with Gasteiger partial charge in [0.2, 0.25) is 0 Å². The van der Waals surface area contributed by atoms with E-state index in [1.807, 2.05) is 44.2 Å². The molecule has 0 saturated heterocycles. The Morgan fingerprint density at radius 3 is 2.38 bits per heavy atom. The van der Waals surface area contributed by atoms with E-state index in [2.05, 4.69) is 0 Å². The number of Topliss-reactive ketones (excluding diaryl/α,β-unsaturated/α-hetero) is 1. The van der Waals surface area contributed by atoms with Gasteiger partial charge in [0.15, 0.2) is 5.78 Å². The van der Waals surface area contributed by atoms with Crippen LogP contribution in [0.1, 0.15) is 38.7 Å². The van der Waals surface area contributed by atoms with Crippen molar-refractivity contribution in [2.75, 3.05) is 0 Å². The van der Waals surface area contributed by atoms with Crippen LogP contribution in [0.15, 0.2) is 30.3 Å². The van der Waals surface area contributed by atoms with Gasteiger partial charge in [0, 0.05) is 6.42 Å². The van der Waals surface area contributed by atoms with Crippen LogP contribution in [-0.4, -0.2) is 11.3 Å². The lowest BCUT2D eigenvalue weighted by atomic mass is 9.83. The maximum Gasteiger partial charge on any atom is 0.152 e. The van der Waals surface area contributed by atoms with Gasteiger partial charge in [0.05, 0.1) is 5.54 Å². The minimum absolute atomic E-state index is 0.182. The molecule has 0 bridgehead atoms. The third-order valence-electron chi connectivity index (χ3n) is 3.03. The molecule has 0 spiro atoms. The average Bonchev–Trinajstić information content (AvgIpc) is 2.30. The largest absolute Gasteiger partial charge is 0.319 e. The summed E-state index contributed by atoms with van der Waals surface area (Å²) < 4.78 is 0. The molecule has 0 aromatic heterocycles. The van der Waals surface area contributed by atoms with E-state index in [1.165, 1.54) is 0 Å². The molecule has 0 heterocycles. The predicted octanol–water partition coefficient (Wildman–Crippen LogP) is 2.71. The van der Waals surface area contributed by atoms with Crippen molar-refractivity contribution in [3.63, 3.8) is 0 Å². The molecule has 1 rings (SSSR count). The second kappa shape index (κ2) is 5.80. The van der Waals surface area contributed by atoms with Crippen molar-refractivity contribution >= 4 is 5.78 Å². The van der Waals surface area contributed by atoms with Gasteiger partial charge in [-0.2, -0.15) is 0 Å². The molecule has 0 aliphatic carbocycles. The molecular formula is C14H21NO. The van der Waals surface area contributed by atoms with Crippen molar-refractivity contribution in [2.24, 2.45) is 5.73 Å². The Balaban J connectivity index is 2.78. The Morgan fingerprint density at radius 2 is 1.88 bits per heavy atom. The number of hydrogen-bond acceptors (Lipinski definition) is 2. The monoisotopic (exact) mass is 219 g/mol. The molecular weight excluding hydrogens is 198 g/mol. The Morgan fingerprint density at radius 1 is 1.25 bits per heavy atom. The lowest BCUT2D eigenvalue weighted by molar-refractivity contribution is -0.124. The van der Waals surface area contributed by atoms with Gasteiger partial charge in [-0.05, 0) is 24.8 Å². The highest BCUT2D eigenvalue weighted by atomic mass is 16.1. The maximum atomic E-state index is 12.0. The lowest BCUT2D eigenvalue weighted by Gasteiger charge is -2.26. The fraction of sp³-hybridized carbons (Fsp3) is 0.500. The number of carbonyl (C=O) groups excluding carboxylic acids is 1. The van der Waals surface area contributed by atoms with E-state index in [0.717, 1.165) is 12.0 Å². The van der Waals surface area contributed by atoms with Gasteiger partial charge in [-0.3, -0.25) is 4.79 Å². The van der Waals surface area contributed by atoms with Crippen molar-refractivity contribution in [2.45, 2.75) is 45.1 Å². The Hall–Kier alpha value is -1.15. The first-order valence-corrected chi connectivity index (χ1v) is 5.98. The summed E-state index contributed by atoms with van der Waals surface area (Å²) in [5.74, 6) is 0.182. The van der Waals surface area contributed by atoms with E-state index in [1.54, 1.807) is 0 Å². The van der Waals surface area contributed by atoms with Gasteiger partial charge in [-0.1, -0.05) is 44.2 Å². The van der Waals surface area contributed by atoms with Crippen LogP contribution in [0.5, 0.6) is 0 Å². The Kier molecular flexibility index (Phi) is 4.69. The van der Waals surface area contributed by atoms with Gasteiger partial charge in [0.25, 0.3) is 0 Å². The molecule has 2 N–H and O–H groups in total. The predicted molar refractivity (Wildman–Crippen MR) is 67.3 cm³/mol. The van der Waals surface area contributed by atoms with Gasteiger partial charge in [-0.25, -0.2) is 0 Å². The quantitative estimate of drug-likeness (QED) is 0.799. The number of ketones is 1. The molecule has 0 aliphatic rings. The molecule has 0 aliphatic heterocycles. The summed E-state index contributed by atoms with van der Waals surface area (Å²) in [4.78, 5) is 12.0. The van der Waals surface area contributed by atoms with Gasteiger partial charge in [-0.15, -0.1) is 0 Å². The summed E-state index contributed by atoms with van der Waals surface area (Å²) >= 11 is 0. The molecule has 88 valence electrons. The van der Waals surface area contributed by atoms with Gasteiger partial charge >= 0.3 is 0 Å². The maximum absolute atomic E-state index is 12.0. The molecule has 2 nitrogen and oxygen atoms in total. The van der Waals surface area contributed by atoms with Crippen LogP contribution in [0.3, 0.4) is 0 Å². The highest BCUT2D eigenvalue weighted by Gasteiger charge is 2.30. The summed E-state index contributed by atoms with van der Waals surface area (Å²) in [5.41, 5.74) is 6.66. The van der Waals surface area contributed by atoms with E-state index in [-0.39, 0.29) is 5.78 Å². The molecule has 0 saturated carbocycles. The minimum atomic E-state index is -0.683. The van der Waals surface area contributed by atoms with E-state index in [0.29, 0.717) is 19.3 Å². The number of nitrogens with two attached hydrogens (primary N) is 1. The van der Waals surface area contributed by atoms with Crippen molar-refractivity contribution in [3.8, 4) is 0 Å². The van der Waals surface area contributed by atoms with Crippen LogP contribution in [-0.2, 0) is 11.2 Å². The van der Waals surface area contributed by atoms with Crippen LogP contribution in [0.2, 0.25) is 0 Å². The fourth-order valence-electron chi connectivity index (χ4n) is 1.86. The summed E-state index contributed by atoms with van der Waals surface area (Å²) in [7, 11) is 0. The van der Waals surface area contributed by atoms with Crippen LogP contribution < -0.4 is 5.73 Å². The van der Waals surface area contributed by atoms with Crippen molar-refractivity contribution < 1.29 is 4.79 Å². The van der Waals surface area contributed by atoms with E-state index < -0.39 is 5.54 Å². The molecule has 0 amide bonds. The second-order valence-corrected chi connectivity index (χ2v) is 4.35. The molecule has 2 heteroatoms. The molecule has 1 atom stereocenters. The molecule has 1 aromatic rings. The van der Waals surface area contributed by atoms with E-state index >= 15 is 0 Å². The summed E-state index contributed by atoms with van der Waals surface area (Å²) in [5, 5.41) is 0. The smallest absolute Gasteiger partial charge is 0.152 e. The number of hydrogen-bond donors (Lipinski definition) is 1. The van der Waals surface area contributed by atoms with Crippen LogP contribution in [0.25, 0.3) is 0 Å². The highest BCUT2D eigenvalue weighted by Crippen LogP contribution is 2.18. The molecule has 0 radical (unpaired) electrons. The van der Waals surface area contributed by atoms with E-state index in [4.69, 9.17) is 5.73 Å². The standard InChI is InChI=1S/C14H21NO/c1-3-8-13(16)14(15,4-2)11-12-9-6-5-7-10-12/h5-7,9-10H,3-4,8,11,15H2,1-2H3. The first kappa shape index (κ1) is 12.9. The second-order valence-electron chi connectivity index (χ2n) is 4.35. The summed E-state index contributed by atoms with van der Waals surface area (Å²) in [6, 6.07) is 9.99. The normalized spacial score (nSPS) is 14.4. The summed E-state index contributed by atoms with van der Waals surface area (Å²) in [6.07, 6.45) is 2.79. The van der Waals surface area contributed by atoms with Crippen molar-refractivity contribution in [3.05, 3.63) is 35.9 Å². The number of carbonyl (C=O) groups is 1. The van der Waals surface area contributed by atoms with Gasteiger partial charge < -0.3 is 5.73 Å². The first-order chi connectivity index (χ1) is 7.62. The zero-order valence-corrected chi connectivity index (χ0v) is 10.2. The first-order valence-electron chi connectivity index (χ1n) is 5.98. The van der Waals surface area contributed by atoms with Crippen LogP contribution >= 0.6 is 0 Å². The third kappa shape index (κ3) is 3.17. The number of benzene rings is 1. The fourth-order valence-corrected chi connectivity index (χ4v) is 1.86. The number of rotatable bonds is 6. The Labute approximate surface area is 97.9 Å². The average molecular weight is 219 g/mol. The van der Waals surface area contributed by atoms with Crippen molar-refractivity contribution in [1.29, 1.82) is 0 Å².